The average Bonchev–Trinajstić information content (AvgIpc) is 3.03. The van der Waals surface area contributed by atoms with E-state index in [-0.39, 0.29) is 6.10 Å². The summed E-state index contributed by atoms with van der Waals surface area (Å²) in [6.07, 6.45) is 3.46. The van der Waals surface area contributed by atoms with E-state index in [2.05, 4.69) is 29.2 Å². The largest absolute Gasteiger partial charge is 0.391 e. The lowest BCUT2D eigenvalue weighted by Crippen LogP contribution is -2.32. The average molecular weight is 203 g/mol. The molecule has 1 fully saturated rings. The van der Waals surface area contributed by atoms with Gasteiger partial charge in [0, 0.05) is 18.8 Å². The molecule has 2 heteroatoms. The third-order valence-electron chi connectivity index (χ3n) is 3.56. The minimum Gasteiger partial charge on any atom is -0.391 e. The van der Waals surface area contributed by atoms with E-state index in [1.54, 1.807) is 0 Å². The molecule has 0 radical (unpaired) electrons. The van der Waals surface area contributed by atoms with Gasteiger partial charge in [0.2, 0.25) is 0 Å². The first-order valence-corrected chi connectivity index (χ1v) is 5.85. The van der Waals surface area contributed by atoms with Crippen LogP contribution >= 0.6 is 0 Å². The van der Waals surface area contributed by atoms with Crippen molar-refractivity contribution in [3.8, 4) is 0 Å². The van der Waals surface area contributed by atoms with Gasteiger partial charge < -0.3 is 10.0 Å². The van der Waals surface area contributed by atoms with Gasteiger partial charge in [-0.2, -0.15) is 0 Å². The molecule has 2 aliphatic rings. The van der Waals surface area contributed by atoms with Gasteiger partial charge in [0.25, 0.3) is 0 Å². The fourth-order valence-corrected chi connectivity index (χ4v) is 2.45. The van der Waals surface area contributed by atoms with Crippen LogP contribution < -0.4 is 4.90 Å². The first kappa shape index (κ1) is 9.22. The van der Waals surface area contributed by atoms with E-state index < -0.39 is 0 Å². The molecule has 1 aliphatic carbocycles. The van der Waals surface area contributed by atoms with Crippen LogP contribution in [0.15, 0.2) is 24.3 Å². The zero-order valence-corrected chi connectivity index (χ0v) is 8.89. The summed E-state index contributed by atoms with van der Waals surface area (Å²) in [6, 6.07) is 8.54. The Morgan fingerprint density at radius 2 is 2.13 bits per heavy atom. The number of benzene rings is 1. The van der Waals surface area contributed by atoms with Gasteiger partial charge in [-0.1, -0.05) is 18.2 Å². The van der Waals surface area contributed by atoms with Crippen molar-refractivity contribution >= 4 is 5.69 Å². The van der Waals surface area contributed by atoms with E-state index >= 15 is 0 Å². The number of para-hydroxylation sites is 1. The third kappa shape index (κ3) is 1.74. The minimum absolute atomic E-state index is 0.115. The van der Waals surface area contributed by atoms with Crippen LogP contribution in [0.2, 0.25) is 0 Å². The molecule has 1 unspecified atom stereocenters. The molecule has 80 valence electrons. The van der Waals surface area contributed by atoms with Crippen LogP contribution in [0.5, 0.6) is 0 Å². The van der Waals surface area contributed by atoms with E-state index in [1.165, 1.54) is 24.1 Å². The summed E-state index contributed by atoms with van der Waals surface area (Å²) in [5, 5.41) is 9.93. The molecule has 0 bridgehead atoms. The first-order chi connectivity index (χ1) is 7.34. The Hall–Kier alpha value is -1.02. The third-order valence-corrected chi connectivity index (χ3v) is 3.56. The molecule has 1 aromatic carbocycles. The molecule has 0 aromatic heterocycles. The lowest BCUT2D eigenvalue weighted by molar-refractivity contribution is 0.157. The monoisotopic (exact) mass is 203 g/mol. The predicted octanol–water partition coefficient (Wildman–Crippen LogP) is 1.82. The molecule has 0 amide bonds. The van der Waals surface area contributed by atoms with Crippen molar-refractivity contribution in [2.75, 3.05) is 18.0 Å². The second kappa shape index (κ2) is 3.53. The Bertz CT molecular complexity index is 359. The van der Waals surface area contributed by atoms with Crippen LogP contribution in [-0.2, 0) is 6.42 Å². The summed E-state index contributed by atoms with van der Waals surface area (Å²) in [6.45, 7) is 1.89. The van der Waals surface area contributed by atoms with Gasteiger partial charge >= 0.3 is 0 Å². The molecule has 1 atom stereocenters. The van der Waals surface area contributed by atoms with E-state index in [4.69, 9.17) is 0 Å². The highest BCUT2D eigenvalue weighted by molar-refractivity contribution is 5.57. The van der Waals surface area contributed by atoms with Crippen molar-refractivity contribution < 1.29 is 5.11 Å². The lowest BCUT2D eigenvalue weighted by atomic mass is 10.2. The maximum atomic E-state index is 9.93. The van der Waals surface area contributed by atoms with E-state index in [0.717, 1.165) is 19.5 Å². The summed E-state index contributed by atoms with van der Waals surface area (Å²) in [5.74, 6) is 0.581. The van der Waals surface area contributed by atoms with Crippen LogP contribution in [-0.4, -0.2) is 24.3 Å². The zero-order valence-electron chi connectivity index (χ0n) is 8.89. The van der Waals surface area contributed by atoms with Crippen LogP contribution in [0, 0.1) is 5.92 Å². The summed E-state index contributed by atoms with van der Waals surface area (Å²) in [4.78, 5) is 2.33. The van der Waals surface area contributed by atoms with Gasteiger partial charge in [-0.25, -0.2) is 0 Å². The number of fused-ring (bicyclic) bond motifs is 1. The number of hydrogen-bond donors (Lipinski definition) is 1. The fourth-order valence-electron chi connectivity index (χ4n) is 2.45. The Morgan fingerprint density at radius 1 is 1.33 bits per heavy atom. The number of rotatable bonds is 3. The zero-order chi connectivity index (χ0) is 10.3. The number of nitrogens with zero attached hydrogens (tertiary/aromatic N) is 1. The van der Waals surface area contributed by atoms with Crippen molar-refractivity contribution in [3.05, 3.63) is 29.8 Å². The normalized spacial score (nSPS) is 21.5. The number of aliphatic hydroxyl groups is 1. The minimum atomic E-state index is -0.115. The maximum absolute atomic E-state index is 9.93. The Kier molecular flexibility index (Phi) is 2.17. The van der Waals surface area contributed by atoms with Gasteiger partial charge in [0.05, 0.1) is 6.10 Å². The smallest absolute Gasteiger partial charge is 0.0743 e. The van der Waals surface area contributed by atoms with Gasteiger partial charge in [-0.15, -0.1) is 0 Å². The summed E-state index contributed by atoms with van der Waals surface area (Å²) < 4.78 is 0. The highest BCUT2D eigenvalue weighted by atomic mass is 16.3. The Morgan fingerprint density at radius 3 is 2.93 bits per heavy atom. The fraction of sp³-hybridized carbons (Fsp3) is 0.538. The maximum Gasteiger partial charge on any atom is 0.0743 e. The molecule has 15 heavy (non-hydrogen) atoms. The Balaban J connectivity index is 1.73. The number of aliphatic hydroxyl groups excluding tert-OH is 1. The molecule has 1 heterocycles. The first-order valence-electron chi connectivity index (χ1n) is 5.85. The van der Waals surface area contributed by atoms with Crippen molar-refractivity contribution in [1.29, 1.82) is 0 Å². The van der Waals surface area contributed by atoms with Crippen molar-refractivity contribution in [2.24, 2.45) is 5.92 Å². The second-order valence-electron chi connectivity index (χ2n) is 4.73. The van der Waals surface area contributed by atoms with Crippen molar-refractivity contribution in [1.82, 2.24) is 0 Å². The molecule has 1 saturated carbocycles. The van der Waals surface area contributed by atoms with Crippen LogP contribution in [0.25, 0.3) is 0 Å². The molecule has 1 N–H and O–H groups in total. The molecule has 3 rings (SSSR count). The van der Waals surface area contributed by atoms with Crippen LogP contribution in [0.3, 0.4) is 0 Å². The molecule has 1 aliphatic heterocycles. The molecular formula is C13H17NO. The van der Waals surface area contributed by atoms with E-state index in [1.807, 2.05) is 0 Å². The molecule has 0 spiro atoms. The molecular weight excluding hydrogens is 186 g/mol. The quantitative estimate of drug-likeness (QED) is 0.810. The molecule has 2 nitrogen and oxygen atoms in total. The van der Waals surface area contributed by atoms with E-state index in [9.17, 15) is 5.11 Å². The Labute approximate surface area is 90.5 Å². The summed E-state index contributed by atoms with van der Waals surface area (Å²) >= 11 is 0. The van der Waals surface area contributed by atoms with Crippen molar-refractivity contribution in [2.45, 2.75) is 25.4 Å². The highest BCUT2D eigenvalue weighted by Crippen LogP contribution is 2.35. The number of hydrogen-bond acceptors (Lipinski definition) is 2. The standard InChI is InChI=1S/C13H17NO/c15-13(11-5-6-11)9-14-8-7-10-3-1-2-4-12(10)14/h1-4,11,13,15H,5-9H2. The summed E-state index contributed by atoms with van der Waals surface area (Å²) in [5.41, 5.74) is 2.76. The van der Waals surface area contributed by atoms with Crippen molar-refractivity contribution in [3.63, 3.8) is 0 Å². The van der Waals surface area contributed by atoms with Crippen LogP contribution in [0.1, 0.15) is 18.4 Å². The lowest BCUT2D eigenvalue weighted by Gasteiger charge is -2.22. The van der Waals surface area contributed by atoms with Gasteiger partial charge in [-0.3, -0.25) is 0 Å². The topological polar surface area (TPSA) is 23.5 Å². The van der Waals surface area contributed by atoms with Gasteiger partial charge in [0.15, 0.2) is 0 Å². The molecule has 0 saturated heterocycles. The van der Waals surface area contributed by atoms with Crippen LogP contribution in [0.4, 0.5) is 5.69 Å². The van der Waals surface area contributed by atoms with E-state index in [0.29, 0.717) is 5.92 Å². The van der Waals surface area contributed by atoms with Gasteiger partial charge in [-0.05, 0) is 36.8 Å². The second-order valence-corrected chi connectivity index (χ2v) is 4.73. The SMILES string of the molecule is OC(CN1CCc2ccccc21)C1CC1. The predicted molar refractivity (Wildman–Crippen MR) is 61.1 cm³/mol. The number of anilines is 1. The molecule has 1 aromatic rings. The number of β-amino-alcohol motifs (C(OH)–C–C–N with tert-alkyl or cyclic N) is 1. The van der Waals surface area contributed by atoms with Gasteiger partial charge in [0.1, 0.15) is 0 Å². The highest BCUT2D eigenvalue weighted by Gasteiger charge is 2.32. The summed E-state index contributed by atoms with van der Waals surface area (Å²) in [7, 11) is 0.